The predicted octanol–water partition coefficient (Wildman–Crippen LogP) is 4.48. The summed E-state index contributed by atoms with van der Waals surface area (Å²) in [7, 11) is 0. The van der Waals surface area contributed by atoms with Crippen LogP contribution in [-0.2, 0) is 0 Å². The maximum Gasteiger partial charge on any atom is 0.357 e. The van der Waals surface area contributed by atoms with Crippen molar-refractivity contribution in [2.45, 2.75) is 0 Å². The molecule has 0 aliphatic carbocycles. The Kier molecular flexibility index (Phi) is 5.39. The van der Waals surface area contributed by atoms with Gasteiger partial charge in [-0.05, 0) is 24.3 Å². The van der Waals surface area contributed by atoms with Crippen LogP contribution < -0.4 is 21.7 Å². The van der Waals surface area contributed by atoms with Gasteiger partial charge in [0.05, 0.1) is 31.5 Å². The predicted molar refractivity (Wildman–Crippen MR) is 91.7 cm³/mol. The van der Waals surface area contributed by atoms with Gasteiger partial charge in [0.15, 0.2) is 0 Å². The van der Waals surface area contributed by atoms with Gasteiger partial charge in [-0.25, -0.2) is 26.5 Å². The molecule has 0 aliphatic rings. The average molecular weight is 380 g/mol. The number of anilines is 2. The highest BCUT2D eigenvalue weighted by molar-refractivity contribution is 6.45. The first-order chi connectivity index (χ1) is 10.3. The molecule has 2 amide bonds. The fourth-order valence-corrected chi connectivity index (χ4v) is 2.45. The van der Waals surface area contributed by atoms with Gasteiger partial charge < -0.3 is 0 Å². The van der Waals surface area contributed by atoms with Crippen LogP contribution in [0.5, 0.6) is 0 Å². The van der Waals surface area contributed by atoms with Gasteiger partial charge in [0.1, 0.15) is 0 Å². The Hall–Kier alpha value is -1.21. The number of urea groups is 1. The zero-order valence-electron chi connectivity index (χ0n) is 10.9. The summed E-state index contributed by atoms with van der Waals surface area (Å²) < 4.78 is 0. The molecule has 22 heavy (non-hydrogen) atoms. The molecule has 0 unspecified atom stereocenters. The third-order valence-electron chi connectivity index (χ3n) is 2.79. The molecule has 0 spiro atoms. The molecule has 0 atom stereocenters. The monoisotopic (exact) mass is 378 g/mol. The SMILES string of the molecule is NN(C(=O)N(N)c1cccc(Cl)c1Cl)c1cccc(Cl)c1Cl. The zero-order valence-corrected chi connectivity index (χ0v) is 14.0. The molecule has 0 aliphatic heterocycles. The summed E-state index contributed by atoms with van der Waals surface area (Å²) in [6.45, 7) is 0. The van der Waals surface area contributed by atoms with Crippen molar-refractivity contribution in [1.82, 2.24) is 0 Å². The Morgan fingerprint density at radius 1 is 0.773 bits per heavy atom. The minimum Gasteiger partial charge on any atom is -0.245 e. The van der Waals surface area contributed by atoms with Crippen LogP contribution in [0.15, 0.2) is 36.4 Å². The van der Waals surface area contributed by atoms with Crippen molar-refractivity contribution in [2.24, 2.45) is 11.7 Å². The molecule has 0 fully saturated rings. The largest absolute Gasteiger partial charge is 0.357 e. The standard InChI is InChI=1S/C13H10Cl4N4O/c14-7-3-1-5-9(11(7)16)20(18)13(22)21(19)10-6-2-4-8(15)12(10)17/h1-6H,18-19H2. The van der Waals surface area contributed by atoms with Gasteiger partial charge in [0.25, 0.3) is 0 Å². The molecule has 0 saturated carbocycles. The minimum absolute atomic E-state index is 0.130. The van der Waals surface area contributed by atoms with Crippen LogP contribution in [0.2, 0.25) is 20.1 Å². The summed E-state index contributed by atoms with van der Waals surface area (Å²) in [4.78, 5) is 12.4. The van der Waals surface area contributed by atoms with E-state index in [0.29, 0.717) is 0 Å². The van der Waals surface area contributed by atoms with Crippen LogP contribution >= 0.6 is 46.4 Å². The molecule has 0 radical (unpaired) electrons. The van der Waals surface area contributed by atoms with E-state index in [0.717, 1.165) is 10.0 Å². The summed E-state index contributed by atoms with van der Waals surface area (Å²) in [5, 5.41) is 2.31. The van der Waals surface area contributed by atoms with E-state index in [-0.39, 0.29) is 31.5 Å². The number of hydrazine groups is 2. The first-order valence-corrected chi connectivity index (χ1v) is 7.37. The molecule has 0 aromatic heterocycles. The molecule has 4 N–H and O–H groups in total. The summed E-state index contributed by atoms with van der Waals surface area (Å²) in [5.74, 6) is 11.6. The molecule has 5 nitrogen and oxygen atoms in total. The summed E-state index contributed by atoms with van der Waals surface area (Å²) in [6, 6.07) is 8.63. The normalized spacial score (nSPS) is 10.5. The second-order valence-corrected chi connectivity index (χ2v) is 5.74. The number of halogens is 4. The summed E-state index contributed by atoms with van der Waals surface area (Å²) in [5.41, 5.74) is 0.403. The molecular formula is C13H10Cl4N4O. The summed E-state index contributed by atoms with van der Waals surface area (Å²) in [6.07, 6.45) is 0. The minimum atomic E-state index is -0.770. The Morgan fingerprint density at radius 2 is 1.14 bits per heavy atom. The third kappa shape index (κ3) is 3.25. The maximum atomic E-state index is 12.4. The molecule has 2 aromatic rings. The molecule has 0 heterocycles. The van der Waals surface area contributed by atoms with Gasteiger partial charge in [-0.15, -0.1) is 0 Å². The fourth-order valence-electron chi connectivity index (χ4n) is 1.68. The zero-order chi connectivity index (χ0) is 16.4. The first kappa shape index (κ1) is 17.1. The smallest absolute Gasteiger partial charge is 0.245 e. The lowest BCUT2D eigenvalue weighted by Gasteiger charge is -2.25. The molecule has 9 heteroatoms. The number of carbonyl (C=O) groups is 1. The van der Waals surface area contributed by atoms with Gasteiger partial charge >= 0.3 is 6.03 Å². The Morgan fingerprint density at radius 3 is 1.50 bits per heavy atom. The molecule has 0 bridgehead atoms. The van der Waals surface area contributed by atoms with Crippen molar-refractivity contribution in [3.63, 3.8) is 0 Å². The van der Waals surface area contributed by atoms with Gasteiger partial charge in [-0.2, -0.15) is 0 Å². The van der Waals surface area contributed by atoms with Crippen LogP contribution in [0.1, 0.15) is 0 Å². The summed E-state index contributed by atoms with van der Waals surface area (Å²) >= 11 is 23.8. The number of nitrogens with two attached hydrogens (primary N) is 2. The van der Waals surface area contributed by atoms with Crippen molar-refractivity contribution in [3.05, 3.63) is 56.5 Å². The average Bonchev–Trinajstić information content (AvgIpc) is 2.50. The maximum absolute atomic E-state index is 12.4. The van der Waals surface area contributed by atoms with E-state index < -0.39 is 6.03 Å². The van der Waals surface area contributed by atoms with Crippen molar-refractivity contribution >= 4 is 63.8 Å². The van der Waals surface area contributed by atoms with Crippen LogP contribution in [0.3, 0.4) is 0 Å². The van der Waals surface area contributed by atoms with E-state index >= 15 is 0 Å². The molecule has 2 rings (SSSR count). The highest BCUT2D eigenvalue weighted by Crippen LogP contribution is 2.34. The van der Waals surface area contributed by atoms with Crippen LogP contribution in [0.25, 0.3) is 0 Å². The van der Waals surface area contributed by atoms with Crippen molar-refractivity contribution in [1.29, 1.82) is 0 Å². The Bertz CT molecular complexity index is 666. The number of amides is 2. The fraction of sp³-hybridized carbons (Fsp3) is 0. The molecule has 2 aromatic carbocycles. The Labute approximate surface area is 146 Å². The van der Waals surface area contributed by atoms with E-state index in [1.165, 1.54) is 12.1 Å². The van der Waals surface area contributed by atoms with Gasteiger partial charge in [0.2, 0.25) is 0 Å². The number of rotatable bonds is 2. The number of nitrogens with zero attached hydrogens (tertiary/aromatic N) is 2. The molecular weight excluding hydrogens is 370 g/mol. The lowest BCUT2D eigenvalue weighted by molar-refractivity contribution is 0.251. The lowest BCUT2D eigenvalue weighted by atomic mass is 10.3. The quantitative estimate of drug-likeness (QED) is 0.458. The van der Waals surface area contributed by atoms with Crippen LogP contribution in [0.4, 0.5) is 16.2 Å². The van der Waals surface area contributed by atoms with Crippen LogP contribution in [0, 0.1) is 0 Å². The van der Waals surface area contributed by atoms with E-state index in [2.05, 4.69) is 0 Å². The second kappa shape index (κ2) is 6.91. The van der Waals surface area contributed by atoms with Crippen molar-refractivity contribution in [3.8, 4) is 0 Å². The van der Waals surface area contributed by atoms with Gasteiger partial charge in [-0.1, -0.05) is 58.5 Å². The van der Waals surface area contributed by atoms with E-state index in [1.54, 1.807) is 24.3 Å². The van der Waals surface area contributed by atoms with E-state index in [4.69, 9.17) is 58.1 Å². The highest BCUT2D eigenvalue weighted by Gasteiger charge is 2.23. The molecule has 116 valence electrons. The molecule has 0 saturated heterocycles. The van der Waals surface area contributed by atoms with Crippen LogP contribution in [-0.4, -0.2) is 6.03 Å². The Balaban J connectivity index is 2.34. The second-order valence-electron chi connectivity index (χ2n) is 4.17. The topological polar surface area (TPSA) is 75.6 Å². The lowest BCUT2D eigenvalue weighted by Crippen LogP contribution is -2.51. The van der Waals surface area contributed by atoms with Gasteiger partial charge in [-0.3, -0.25) is 0 Å². The van der Waals surface area contributed by atoms with Crippen molar-refractivity contribution in [2.75, 3.05) is 10.0 Å². The van der Waals surface area contributed by atoms with E-state index in [1.807, 2.05) is 0 Å². The highest BCUT2D eigenvalue weighted by atomic mass is 35.5. The number of hydrogen-bond donors (Lipinski definition) is 2. The van der Waals surface area contributed by atoms with Gasteiger partial charge in [0, 0.05) is 0 Å². The third-order valence-corrected chi connectivity index (χ3v) is 4.41. The first-order valence-electron chi connectivity index (χ1n) is 5.86. The van der Waals surface area contributed by atoms with E-state index in [9.17, 15) is 4.79 Å². The van der Waals surface area contributed by atoms with Crippen molar-refractivity contribution < 1.29 is 4.79 Å². The number of benzene rings is 2. The number of hydrogen-bond acceptors (Lipinski definition) is 3. The number of carbonyl (C=O) groups excluding carboxylic acids is 1.